The Bertz CT molecular complexity index is 838. The highest BCUT2D eigenvalue weighted by Crippen LogP contribution is 2.28. The number of nitriles is 1. The second-order valence-corrected chi connectivity index (χ2v) is 5.79. The maximum absolute atomic E-state index is 9.30. The van der Waals surface area contributed by atoms with Crippen LogP contribution < -0.4 is 4.74 Å². The standard InChI is InChI=1S/C18H14N2OS/c1-21-15-8-6-13(7-9-15)12-22-18-10-14-4-2-3-5-16(14)20-17(18)11-19/h2-10H,12H2,1H3. The maximum Gasteiger partial charge on any atom is 0.154 e. The van der Waals surface area contributed by atoms with Crippen LogP contribution in [0.25, 0.3) is 10.9 Å². The van der Waals surface area contributed by atoms with Gasteiger partial charge in [0.25, 0.3) is 0 Å². The molecule has 0 bridgehead atoms. The Labute approximate surface area is 133 Å². The summed E-state index contributed by atoms with van der Waals surface area (Å²) in [6, 6.07) is 20.0. The number of hydrogen-bond donors (Lipinski definition) is 0. The number of thioether (sulfide) groups is 1. The number of fused-ring (bicyclic) bond motifs is 1. The quantitative estimate of drug-likeness (QED) is 0.670. The fraction of sp³-hybridized carbons (Fsp3) is 0.111. The number of ether oxygens (including phenoxy) is 1. The van der Waals surface area contributed by atoms with E-state index < -0.39 is 0 Å². The minimum Gasteiger partial charge on any atom is -0.497 e. The first kappa shape index (κ1) is 14.4. The largest absolute Gasteiger partial charge is 0.497 e. The van der Waals surface area contributed by atoms with E-state index in [0.717, 1.165) is 27.3 Å². The van der Waals surface area contributed by atoms with E-state index in [1.807, 2.05) is 54.6 Å². The lowest BCUT2D eigenvalue weighted by molar-refractivity contribution is 0.414. The number of methoxy groups -OCH3 is 1. The van der Waals surface area contributed by atoms with Crippen LogP contribution in [-0.4, -0.2) is 12.1 Å². The van der Waals surface area contributed by atoms with E-state index in [1.54, 1.807) is 18.9 Å². The van der Waals surface area contributed by atoms with Crippen LogP contribution in [-0.2, 0) is 5.75 Å². The average Bonchev–Trinajstić information content (AvgIpc) is 2.59. The third-order valence-electron chi connectivity index (χ3n) is 3.35. The van der Waals surface area contributed by atoms with Crippen LogP contribution in [0.4, 0.5) is 0 Å². The van der Waals surface area contributed by atoms with Crippen LogP contribution in [0.15, 0.2) is 59.5 Å². The highest BCUT2D eigenvalue weighted by atomic mass is 32.2. The van der Waals surface area contributed by atoms with Gasteiger partial charge in [-0.25, -0.2) is 4.98 Å². The van der Waals surface area contributed by atoms with E-state index in [2.05, 4.69) is 11.1 Å². The summed E-state index contributed by atoms with van der Waals surface area (Å²) in [6.45, 7) is 0. The molecule has 4 heteroatoms. The van der Waals surface area contributed by atoms with E-state index in [1.165, 1.54) is 5.56 Å². The molecule has 3 rings (SSSR count). The topological polar surface area (TPSA) is 45.9 Å². The van der Waals surface area contributed by atoms with Gasteiger partial charge in [0.2, 0.25) is 0 Å². The van der Waals surface area contributed by atoms with Gasteiger partial charge in [0.1, 0.15) is 11.8 Å². The molecule has 0 radical (unpaired) electrons. The molecule has 0 N–H and O–H groups in total. The van der Waals surface area contributed by atoms with E-state index >= 15 is 0 Å². The highest BCUT2D eigenvalue weighted by Gasteiger charge is 2.07. The molecule has 0 unspecified atom stereocenters. The number of benzene rings is 2. The molecule has 2 aromatic carbocycles. The highest BCUT2D eigenvalue weighted by molar-refractivity contribution is 7.98. The third kappa shape index (κ3) is 3.05. The summed E-state index contributed by atoms with van der Waals surface area (Å²) in [6.07, 6.45) is 0. The van der Waals surface area contributed by atoms with Gasteiger partial charge in [-0.3, -0.25) is 0 Å². The Hall–Kier alpha value is -2.51. The number of aromatic nitrogens is 1. The lowest BCUT2D eigenvalue weighted by atomic mass is 10.2. The first-order valence-corrected chi connectivity index (χ1v) is 7.84. The minimum absolute atomic E-state index is 0.484. The maximum atomic E-state index is 9.30. The molecule has 22 heavy (non-hydrogen) atoms. The first-order chi connectivity index (χ1) is 10.8. The fourth-order valence-corrected chi connectivity index (χ4v) is 3.12. The van der Waals surface area contributed by atoms with Crippen LogP contribution in [0.1, 0.15) is 11.3 Å². The minimum atomic E-state index is 0.484. The van der Waals surface area contributed by atoms with Crippen molar-refractivity contribution in [3.63, 3.8) is 0 Å². The third-order valence-corrected chi connectivity index (χ3v) is 4.45. The van der Waals surface area contributed by atoms with Gasteiger partial charge in [0.15, 0.2) is 5.69 Å². The molecule has 0 spiro atoms. The second kappa shape index (κ2) is 6.50. The lowest BCUT2D eigenvalue weighted by Crippen LogP contribution is -1.90. The van der Waals surface area contributed by atoms with Gasteiger partial charge in [-0.15, -0.1) is 11.8 Å². The summed E-state index contributed by atoms with van der Waals surface area (Å²) >= 11 is 1.63. The van der Waals surface area contributed by atoms with E-state index in [4.69, 9.17) is 4.74 Å². The monoisotopic (exact) mass is 306 g/mol. The number of hydrogen-bond acceptors (Lipinski definition) is 4. The van der Waals surface area contributed by atoms with Gasteiger partial charge in [-0.05, 0) is 29.8 Å². The average molecular weight is 306 g/mol. The normalized spacial score (nSPS) is 10.4. The van der Waals surface area contributed by atoms with Gasteiger partial charge in [0, 0.05) is 16.0 Å². The Kier molecular flexibility index (Phi) is 4.27. The van der Waals surface area contributed by atoms with Crippen molar-refractivity contribution in [2.24, 2.45) is 0 Å². The van der Waals surface area contributed by atoms with Crippen molar-refractivity contribution in [3.05, 3.63) is 65.9 Å². The molecule has 0 fully saturated rings. The second-order valence-electron chi connectivity index (χ2n) is 4.78. The van der Waals surface area contributed by atoms with E-state index in [-0.39, 0.29) is 0 Å². The lowest BCUT2D eigenvalue weighted by Gasteiger charge is -2.06. The summed E-state index contributed by atoms with van der Waals surface area (Å²) in [7, 11) is 1.66. The van der Waals surface area contributed by atoms with Gasteiger partial charge in [-0.2, -0.15) is 5.26 Å². The number of pyridine rings is 1. The van der Waals surface area contributed by atoms with Crippen molar-refractivity contribution in [1.82, 2.24) is 4.98 Å². The Morgan fingerprint density at radius 3 is 2.64 bits per heavy atom. The van der Waals surface area contributed by atoms with Gasteiger partial charge < -0.3 is 4.74 Å². The summed E-state index contributed by atoms with van der Waals surface area (Å²) in [4.78, 5) is 5.35. The Morgan fingerprint density at radius 1 is 1.14 bits per heavy atom. The Morgan fingerprint density at radius 2 is 1.91 bits per heavy atom. The molecule has 3 aromatic rings. The van der Waals surface area contributed by atoms with Crippen LogP contribution >= 0.6 is 11.8 Å². The molecule has 0 atom stereocenters. The van der Waals surface area contributed by atoms with Crippen molar-refractivity contribution in [2.75, 3.05) is 7.11 Å². The molecular formula is C18H14N2OS. The van der Waals surface area contributed by atoms with Crippen LogP contribution in [0.5, 0.6) is 5.75 Å². The SMILES string of the molecule is COc1ccc(CSc2cc3ccccc3nc2C#N)cc1. The molecule has 0 amide bonds. The number of rotatable bonds is 4. The van der Waals surface area contributed by atoms with Crippen molar-refractivity contribution in [3.8, 4) is 11.8 Å². The molecular weight excluding hydrogens is 292 g/mol. The van der Waals surface area contributed by atoms with Crippen molar-refractivity contribution in [2.45, 2.75) is 10.6 Å². The molecule has 0 aliphatic heterocycles. The fourth-order valence-electron chi connectivity index (χ4n) is 2.17. The molecule has 0 saturated carbocycles. The molecule has 1 aromatic heterocycles. The molecule has 0 aliphatic carbocycles. The summed E-state index contributed by atoms with van der Waals surface area (Å²) < 4.78 is 5.16. The molecule has 108 valence electrons. The molecule has 1 heterocycles. The zero-order valence-electron chi connectivity index (χ0n) is 12.1. The van der Waals surface area contributed by atoms with Crippen LogP contribution in [0.3, 0.4) is 0 Å². The Balaban J connectivity index is 1.84. The van der Waals surface area contributed by atoms with Crippen molar-refractivity contribution in [1.29, 1.82) is 5.26 Å². The molecule has 0 aliphatic rings. The summed E-state index contributed by atoms with van der Waals surface area (Å²) in [5.41, 5.74) is 2.52. The zero-order valence-corrected chi connectivity index (χ0v) is 12.9. The first-order valence-electron chi connectivity index (χ1n) is 6.86. The number of nitrogens with zero attached hydrogens (tertiary/aromatic N) is 2. The van der Waals surface area contributed by atoms with Crippen molar-refractivity contribution >= 4 is 22.7 Å². The van der Waals surface area contributed by atoms with Crippen LogP contribution in [0.2, 0.25) is 0 Å². The molecule has 0 saturated heterocycles. The van der Waals surface area contributed by atoms with Gasteiger partial charge in [0.05, 0.1) is 12.6 Å². The van der Waals surface area contributed by atoms with Crippen LogP contribution in [0, 0.1) is 11.3 Å². The predicted octanol–water partition coefficient (Wildman–Crippen LogP) is 4.41. The smallest absolute Gasteiger partial charge is 0.154 e. The molecule has 3 nitrogen and oxygen atoms in total. The summed E-state index contributed by atoms with van der Waals surface area (Å²) in [5, 5.41) is 10.4. The van der Waals surface area contributed by atoms with Crippen molar-refractivity contribution < 1.29 is 4.74 Å². The van der Waals surface area contributed by atoms with Gasteiger partial charge >= 0.3 is 0 Å². The van der Waals surface area contributed by atoms with Gasteiger partial charge in [-0.1, -0.05) is 30.3 Å². The zero-order chi connectivity index (χ0) is 15.4. The summed E-state index contributed by atoms with van der Waals surface area (Å²) in [5.74, 6) is 1.64. The van der Waals surface area contributed by atoms with E-state index in [0.29, 0.717) is 5.69 Å². The van der Waals surface area contributed by atoms with E-state index in [9.17, 15) is 5.26 Å². The predicted molar refractivity (Wildman–Crippen MR) is 89.0 cm³/mol. The number of para-hydroxylation sites is 1.